The largest absolute Gasteiger partial charge is 0.411 e. The van der Waals surface area contributed by atoms with E-state index in [1.165, 1.54) is 23.4 Å². The highest BCUT2D eigenvalue weighted by atomic mass is 28.4. The van der Waals surface area contributed by atoms with Gasteiger partial charge < -0.3 is 9.53 Å². The smallest absolute Gasteiger partial charge is 0.192 e. The second-order valence-electron chi connectivity index (χ2n) is 8.16. The van der Waals surface area contributed by atoms with Crippen LogP contribution in [0.5, 0.6) is 0 Å². The van der Waals surface area contributed by atoms with Gasteiger partial charge in [-0.15, -0.1) is 0 Å². The van der Waals surface area contributed by atoms with E-state index in [1.54, 1.807) is 6.92 Å². The second kappa shape index (κ2) is 7.17. The molecule has 0 fully saturated rings. The molecule has 0 aliphatic heterocycles. The van der Waals surface area contributed by atoms with Gasteiger partial charge in [-0.1, -0.05) is 26.8 Å². The summed E-state index contributed by atoms with van der Waals surface area (Å²) in [6.07, 6.45) is 2.03. The minimum Gasteiger partial charge on any atom is -0.411 e. The molecule has 1 aromatic heterocycles. The summed E-state index contributed by atoms with van der Waals surface area (Å²) in [4.78, 5) is 3.86. The van der Waals surface area contributed by atoms with E-state index in [0.717, 1.165) is 12.1 Å². The Morgan fingerprint density at radius 2 is 1.92 bits per heavy atom. The third-order valence-corrected chi connectivity index (χ3v) is 9.77. The SMILES string of the molecule is C[C@H](O[Si](C)(C)C(C)(C)C)[C@@](O)(Cn1cncn1)c1ccc(F)cc1F. The van der Waals surface area contributed by atoms with Crippen LogP contribution in [0.3, 0.4) is 0 Å². The van der Waals surface area contributed by atoms with E-state index in [2.05, 4.69) is 43.9 Å². The maximum Gasteiger partial charge on any atom is 0.192 e. The summed E-state index contributed by atoms with van der Waals surface area (Å²) in [5.41, 5.74) is -1.76. The molecule has 5 nitrogen and oxygen atoms in total. The summed E-state index contributed by atoms with van der Waals surface area (Å²) in [6, 6.07) is 3.15. The first-order valence-electron chi connectivity index (χ1n) is 8.55. The van der Waals surface area contributed by atoms with Crippen LogP contribution in [0.4, 0.5) is 8.78 Å². The van der Waals surface area contributed by atoms with E-state index in [-0.39, 0.29) is 17.1 Å². The Balaban J connectivity index is 2.46. The summed E-state index contributed by atoms with van der Waals surface area (Å²) < 4.78 is 35.6. The Labute approximate surface area is 154 Å². The molecule has 8 heteroatoms. The normalized spacial score (nSPS) is 16.3. The molecule has 1 heterocycles. The monoisotopic (exact) mass is 383 g/mol. The van der Waals surface area contributed by atoms with Crippen molar-refractivity contribution in [3.8, 4) is 0 Å². The van der Waals surface area contributed by atoms with Crippen LogP contribution in [-0.2, 0) is 16.6 Å². The fourth-order valence-electron chi connectivity index (χ4n) is 2.55. The summed E-state index contributed by atoms with van der Waals surface area (Å²) >= 11 is 0. The summed E-state index contributed by atoms with van der Waals surface area (Å²) in [7, 11) is -2.24. The summed E-state index contributed by atoms with van der Waals surface area (Å²) in [5, 5.41) is 15.4. The fraction of sp³-hybridized carbons (Fsp3) is 0.556. The molecule has 0 unspecified atom stereocenters. The first kappa shape index (κ1) is 20.7. The van der Waals surface area contributed by atoms with Gasteiger partial charge in [0.1, 0.15) is 29.9 Å². The van der Waals surface area contributed by atoms with Gasteiger partial charge in [0, 0.05) is 11.6 Å². The molecular weight excluding hydrogens is 356 g/mol. The van der Waals surface area contributed by atoms with Crippen molar-refractivity contribution in [3.63, 3.8) is 0 Å². The van der Waals surface area contributed by atoms with Crippen LogP contribution in [0.25, 0.3) is 0 Å². The Hall–Kier alpha value is -1.64. The lowest BCUT2D eigenvalue weighted by molar-refractivity contribution is -0.0810. The van der Waals surface area contributed by atoms with E-state index >= 15 is 0 Å². The second-order valence-corrected chi connectivity index (χ2v) is 12.9. The summed E-state index contributed by atoms with van der Waals surface area (Å²) in [6.45, 7) is 12.0. The fourth-order valence-corrected chi connectivity index (χ4v) is 3.98. The van der Waals surface area contributed by atoms with Crippen molar-refractivity contribution in [2.75, 3.05) is 0 Å². The van der Waals surface area contributed by atoms with Gasteiger partial charge in [0.15, 0.2) is 8.32 Å². The van der Waals surface area contributed by atoms with Gasteiger partial charge in [0.05, 0.1) is 12.6 Å². The highest BCUT2D eigenvalue weighted by Crippen LogP contribution is 2.40. The topological polar surface area (TPSA) is 60.2 Å². The molecule has 2 rings (SSSR count). The molecular formula is C18H27F2N3O2Si. The average Bonchev–Trinajstić information content (AvgIpc) is 2.97. The van der Waals surface area contributed by atoms with Gasteiger partial charge in [-0.2, -0.15) is 5.10 Å². The quantitative estimate of drug-likeness (QED) is 0.770. The minimum atomic E-state index is -2.24. The van der Waals surface area contributed by atoms with Crippen LogP contribution in [0, 0.1) is 11.6 Å². The highest BCUT2D eigenvalue weighted by Gasteiger charge is 2.46. The zero-order valence-electron chi connectivity index (χ0n) is 16.1. The average molecular weight is 384 g/mol. The van der Waals surface area contributed by atoms with E-state index in [0.29, 0.717) is 0 Å². The Bertz CT molecular complexity index is 747. The van der Waals surface area contributed by atoms with Crippen molar-refractivity contribution in [1.29, 1.82) is 0 Å². The molecule has 2 aromatic rings. The number of hydrogen-bond donors (Lipinski definition) is 1. The van der Waals surface area contributed by atoms with Gasteiger partial charge in [0.25, 0.3) is 0 Å². The predicted octanol–water partition coefficient (Wildman–Crippen LogP) is 3.85. The van der Waals surface area contributed by atoms with Crippen molar-refractivity contribution in [2.24, 2.45) is 0 Å². The van der Waals surface area contributed by atoms with Crippen LogP contribution >= 0.6 is 0 Å². The number of aromatic nitrogens is 3. The first-order valence-corrected chi connectivity index (χ1v) is 11.5. The molecule has 0 spiro atoms. The molecule has 1 aromatic carbocycles. The molecule has 26 heavy (non-hydrogen) atoms. The van der Waals surface area contributed by atoms with E-state index in [9.17, 15) is 13.9 Å². The molecule has 144 valence electrons. The molecule has 2 atom stereocenters. The number of rotatable bonds is 6. The molecule has 0 bridgehead atoms. The van der Waals surface area contributed by atoms with Crippen LogP contribution in [-0.4, -0.2) is 34.3 Å². The van der Waals surface area contributed by atoms with Gasteiger partial charge in [-0.25, -0.2) is 18.4 Å². The third kappa shape index (κ3) is 4.19. The number of aliphatic hydroxyl groups is 1. The zero-order valence-corrected chi connectivity index (χ0v) is 17.1. The lowest BCUT2D eigenvalue weighted by atomic mass is 9.88. The number of halogens is 2. The lowest BCUT2D eigenvalue weighted by Crippen LogP contribution is -2.51. The maximum atomic E-state index is 14.5. The molecule has 0 amide bonds. The number of benzene rings is 1. The Morgan fingerprint density at radius 3 is 2.42 bits per heavy atom. The third-order valence-electron chi connectivity index (χ3n) is 5.22. The minimum absolute atomic E-state index is 0.0272. The number of hydrogen-bond acceptors (Lipinski definition) is 4. The van der Waals surface area contributed by atoms with Crippen molar-refractivity contribution in [1.82, 2.24) is 14.8 Å². The molecule has 1 N–H and O–H groups in total. The molecule has 0 aliphatic rings. The first-order chi connectivity index (χ1) is 11.9. The molecule has 0 saturated carbocycles. The lowest BCUT2D eigenvalue weighted by Gasteiger charge is -2.43. The van der Waals surface area contributed by atoms with Crippen molar-refractivity contribution in [3.05, 3.63) is 48.1 Å². The van der Waals surface area contributed by atoms with Gasteiger partial charge in [-0.3, -0.25) is 0 Å². The van der Waals surface area contributed by atoms with Crippen molar-refractivity contribution < 1.29 is 18.3 Å². The van der Waals surface area contributed by atoms with Gasteiger partial charge in [-0.05, 0) is 31.1 Å². The van der Waals surface area contributed by atoms with Crippen molar-refractivity contribution in [2.45, 2.75) is 64.1 Å². The van der Waals surface area contributed by atoms with E-state index in [4.69, 9.17) is 4.43 Å². The molecule has 0 radical (unpaired) electrons. The highest BCUT2D eigenvalue weighted by molar-refractivity contribution is 6.74. The Kier molecular flexibility index (Phi) is 5.70. The van der Waals surface area contributed by atoms with E-state index in [1.807, 2.05) is 0 Å². The van der Waals surface area contributed by atoms with Gasteiger partial charge >= 0.3 is 0 Å². The van der Waals surface area contributed by atoms with E-state index < -0.39 is 31.7 Å². The molecule has 0 aliphatic carbocycles. The maximum absolute atomic E-state index is 14.5. The van der Waals surface area contributed by atoms with Crippen LogP contribution in [0.2, 0.25) is 18.1 Å². The Morgan fingerprint density at radius 1 is 1.27 bits per heavy atom. The standard InChI is InChI=1S/C18H27F2N3O2Si/c1-13(25-26(5,6)17(2,3)4)18(24,10-23-12-21-11-22-23)15-8-7-14(19)9-16(15)20/h7-9,11-13,24H,10H2,1-6H3/t13-,18-/m0/s1. The zero-order chi connectivity index (χ0) is 19.8. The van der Waals surface area contributed by atoms with Crippen LogP contribution < -0.4 is 0 Å². The van der Waals surface area contributed by atoms with Gasteiger partial charge in [0.2, 0.25) is 0 Å². The van der Waals surface area contributed by atoms with Crippen LogP contribution in [0.1, 0.15) is 33.3 Å². The molecule has 0 saturated heterocycles. The predicted molar refractivity (Wildman–Crippen MR) is 98.0 cm³/mol. The summed E-state index contributed by atoms with van der Waals surface area (Å²) in [5.74, 6) is -1.52. The van der Waals surface area contributed by atoms with Crippen molar-refractivity contribution >= 4 is 8.32 Å². The van der Waals surface area contributed by atoms with Crippen LogP contribution in [0.15, 0.2) is 30.9 Å². The number of nitrogens with zero attached hydrogens (tertiary/aromatic N) is 3.